The Morgan fingerprint density at radius 3 is 3.00 bits per heavy atom. The summed E-state index contributed by atoms with van der Waals surface area (Å²) >= 11 is 0. The first-order valence-electron chi connectivity index (χ1n) is 4.82. The lowest BCUT2D eigenvalue weighted by molar-refractivity contribution is -0.143. The molecule has 0 aliphatic carbocycles. The van der Waals surface area contributed by atoms with Gasteiger partial charge in [0.25, 0.3) is 0 Å². The maximum absolute atomic E-state index is 10.9. The molecule has 0 aliphatic heterocycles. The van der Waals surface area contributed by atoms with Crippen molar-refractivity contribution in [2.45, 2.75) is 32.7 Å². The molecule has 78 valence electrons. The van der Waals surface area contributed by atoms with Crippen molar-refractivity contribution in [3.8, 4) is 0 Å². The molecule has 0 radical (unpaired) electrons. The Bertz CT molecular complexity index is 259. The Hall–Kier alpha value is -1.39. The van der Waals surface area contributed by atoms with E-state index in [1.807, 2.05) is 13.1 Å². The van der Waals surface area contributed by atoms with Gasteiger partial charge in [-0.15, -0.1) is 5.10 Å². The van der Waals surface area contributed by atoms with Crippen LogP contribution < -0.4 is 0 Å². The number of unbranched alkanes of at least 4 members (excludes halogenated alkanes) is 1. The molecule has 1 aromatic heterocycles. The van der Waals surface area contributed by atoms with Gasteiger partial charge in [0.15, 0.2) is 0 Å². The molecule has 0 fully saturated rings. The molecule has 0 atom stereocenters. The van der Waals surface area contributed by atoms with E-state index in [1.165, 1.54) is 0 Å². The van der Waals surface area contributed by atoms with Crippen LogP contribution in [0.1, 0.15) is 26.2 Å². The average Bonchev–Trinajstić information content (AvgIpc) is 2.65. The van der Waals surface area contributed by atoms with Crippen molar-refractivity contribution < 1.29 is 9.53 Å². The third kappa shape index (κ3) is 4.02. The molecule has 5 nitrogen and oxygen atoms in total. The van der Waals surface area contributed by atoms with Gasteiger partial charge < -0.3 is 4.74 Å². The summed E-state index contributed by atoms with van der Waals surface area (Å²) in [5, 5.41) is 7.51. The van der Waals surface area contributed by atoms with E-state index in [-0.39, 0.29) is 5.97 Å². The minimum absolute atomic E-state index is 0.119. The molecule has 0 spiro atoms. The van der Waals surface area contributed by atoms with E-state index >= 15 is 0 Å². The van der Waals surface area contributed by atoms with E-state index in [1.54, 1.807) is 10.9 Å². The zero-order valence-corrected chi connectivity index (χ0v) is 8.35. The maximum atomic E-state index is 10.9. The first-order chi connectivity index (χ1) is 6.83. The molecule has 0 amide bonds. The Morgan fingerprint density at radius 1 is 1.50 bits per heavy atom. The monoisotopic (exact) mass is 197 g/mol. The minimum atomic E-state index is -0.119. The lowest BCUT2D eigenvalue weighted by Crippen LogP contribution is -2.05. The first kappa shape index (κ1) is 10.7. The molecule has 0 saturated carbocycles. The van der Waals surface area contributed by atoms with Gasteiger partial charge in [-0.25, -0.2) is 0 Å². The van der Waals surface area contributed by atoms with Gasteiger partial charge >= 0.3 is 5.97 Å². The number of nitrogens with zero attached hydrogens (tertiary/aromatic N) is 3. The predicted octanol–water partition coefficient (Wildman–Crippen LogP) is 1.01. The second-order valence-corrected chi connectivity index (χ2v) is 2.93. The highest BCUT2D eigenvalue weighted by Gasteiger charge is 2.00. The van der Waals surface area contributed by atoms with Crippen LogP contribution in [-0.2, 0) is 16.1 Å². The van der Waals surface area contributed by atoms with Gasteiger partial charge in [0.2, 0.25) is 0 Å². The van der Waals surface area contributed by atoms with Crippen LogP contribution >= 0.6 is 0 Å². The van der Waals surface area contributed by atoms with Gasteiger partial charge in [-0.3, -0.25) is 9.48 Å². The van der Waals surface area contributed by atoms with Gasteiger partial charge in [0.05, 0.1) is 12.8 Å². The number of carbonyl (C=O) groups excluding carboxylic acids is 1. The fourth-order valence-corrected chi connectivity index (χ4v) is 1.13. The predicted molar refractivity (Wildman–Crippen MR) is 50.5 cm³/mol. The summed E-state index contributed by atoms with van der Waals surface area (Å²) in [6.07, 6.45) is 5.69. The average molecular weight is 197 g/mol. The number of aryl methyl sites for hydroxylation is 1. The zero-order valence-electron chi connectivity index (χ0n) is 8.35. The van der Waals surface area contributed by atoms with Crippen LogP contribution in [0.5, 0.6) is 0 Å². The van der Waals surface area contributed by atoms with E-state index in [2.05, 4.69) is 10.3 Å². The van der Waals surface area contributed by atoms with E-state index < -0.39 is 0 Å². The van der Waals surface area contributed by atoms with E-state index in [0.29, 0.717) is 13.0 Å². The normalized spacial score (nSPS) is 10.1. The second-order valence-electron chi connectivity index (χ2n) is 2.93. The summed E-state index contributed by atoms with van der Waals surface area (Å²) in [6, 6.07) is 0. The van der Waals surface area contributed by atoms with Crippen molar-refractivity contribution in [2.24, 2.45) is 0 Å². The van der Waals surface area contributed by atoms with Gasteiger partial charge in [0.1, 0.15) is 0 Å². The molecule has 14 heavy (non-hydrogen) atoms. The minimum Gasteiger partial charge on any atom is -0.466 e. The number of rotatable bonds is 6. The summed E-state index contributed by atoms with van der Waals surface area (Å²) in [5.41, 5.74) is 0. The van der Waals surface area contributed by atoms with Crippen LogP contribution in [0.4, 0.5) is 0 Å². The van der Waals surface area contributed by atoms with Gasteiger partial charge in [-0.1, -0.05) is 5.21 Å². The van der Waals surface area contributed by atoms with Crippen molar-refractivity contribution in [2.75, 3.05) is 6.61 Å². The third-order valence-electron chi connectivity index (χ3n) is 1.80. The summed E-state index contributed by atoms with van der Waals surface area (Å²) < 4.78 is 6.56. The summed E-state index contributed by atoms with van der Waals surface area (Å²) in [7, 11) is 0. The van der Waals surface area contributed by atoms with Crippen LogP contribution in [0.3, 0.4) is 0 Å². The third-order valence-corrected chi connectivity index (χ3v) is 1.80. The number of esters is 1. The molecule has 1 rings (SSSR count). The number of ether oxygens (including phenoxy) is 1. The number of aromatic nitrogens is 3. The van der Waals surface area contributed by atoms with Crippen LogP contribution in [-0.4, -0.2) is 27.6 Å². The van der Waals surface area contributed by atoms with Gasteiger partial charge in [0, 0.05) is 19.2 Å². The zero-order chi connectivity index (χ0) is 10.2. The fraction of sp³-hybridized carbons (Fsp3) is 0.667. The SMILES string of the molecule is CCOC(=O)CCCCn1ccnn1. The first-order valence-corrected chi connectivity index (χ1v) is 4.82. The van der Waals surface area contributed by atoms with Crippen molar-refractivity contribution >= 4 is 5.97 Å². The molecular weight excluding hydrogens is 182 g/mol. The van der Waals surface area contributed by atoms with Crippen molar-refractivity contribution in [1.29, 1.82) is 0 Å². The fourth-order valence-electron chi connectivity index (χ4n) is 1.13. The Kier molecular flexibility index (Phi) is 4.68. The molecule has 0 unspecified atom stereocenters. The standard InChI is InChI=1S/C9H15N3O2/c1-2-14-9(13)5-3-4-7-12-8-6-10-11-12/h6,8H,2-5,7H2,1H3. The molecule has 1 aromatic rings. The molecule has 0 saturated heterocycles. The Balaban J connectivity index is 2.02. The maximum Gasteiger partial charge on any atom is 0.305 e. The van der Waals surface area contributed by atoms with E-state index in [0.717, 1.165) is 19.4 Å². The van der Waals surface area contributed by atoms with Crippen LogP contribution in [0.2, 0.25) is 0 Å². The van der Waals surface area contributed by atoms with E-state index in [4.69, 9.17) is 4.74 Å². The molecule has 0 aliphatic rings. The molecule has 0 N–H and O–H groups in total. The van der Waals surface area contributed by atoms with Crippen LogP contribution in [0.25, 0.3) is 0 Å². The Labute approximate surface area is 83.1 Å². The van der Waals surface area contributed by atoms with Crippen molar-refractivity contribution in [3.63, 3.8) is 0 Å². The summed E-state index contributed by atoms with van der Waals surface area (Å²) in [6.45, 7) is 3.08. The topological polar surface area (TPSA) is 57.0 Å². The van der Waals surface area contributed by atoms with Crippen LogP contribution in [0.15, 0.2) is 12.4 Å². The van der Waals surface area contributed by atoms with Crippen molar-refractivity contribution in [3.05, 3.63) is 12.4 Å². The smallest absolute Gasteiger partial charge is 0.305 e. The highest BCUT2D eigenvalue weighted by Crippen LogP contribution is 1.99. The largest absolute Gasteiger partial charge is 0.466 e. The number of carbonyl (C=O) groups is 1. The number of hydrogen-bond acceptors (Lipinski definition) is 4. The van der Waals surface area contributed by atoms with Crippen LogP contribution in [0, 0.1) is 0 Å². The molecular formula is C9H15N3O2. The number of hydrogen-bond donors (Lipinski definition) is 0. The summed E-state index contributed by atoms with van der Waals surface area (Å²) in [5.74, 6) is -0.119. The van der Waals surface area contributed by atoms with Gasteiger partial charge in [-0.05, 0) is 19.8 Å². The molecule has 0 bridgehead atoms. The molecule has 5 heteroatoms. The quantitative estimate of drug-likeness (QED) is 0.504. The van der Waals surface area contributed by atoms with E-state index in [9.17, 15) is 4.79 Å². The highest BCUT2D eigenvalue weighted by atomic mass is 16.5. The second kappa shape index (κ2) is 6.12. The molecule has 0 aromatic carbocycles. The highest BCUT2D eigenvalue weighted by molar-refractivity contribution is 5.69. The lowest BCUT2D eigenvalue weighted by atomic mass is 10.2. The Morgan fingerprint density at radius 2 is 2.36 bits per heavy atom. The lowest BCUT2D eigenvalue weighted by Gasteiger charge is -2.01. The van der Waals surface area contributed by atoms with Crippen molar-refractivity contribution in [1.82, 2.24) is 15.0 Å². The summed E-state index contributed by atoms with van der Waals surface area (Å²) in [4.78, 5) is 10.9. The molecule has 1 heterocycles. The van der Waals surface area contributed by atoms with Gasteiger partial charge in [-0.2, -0.15) is 0 Å².